The van der Waals surface area contributed by atoms with Crippen LogP contribution in [0.15, 0.2) is 28.7 Å². The van der Waals surface area contributed by atoms with Crippen LogP contribution in [-0.2, 0) is 6.54 Å². The highest BCUT2D eigenvalue weighted by Gasteiger charge is 2.11. The molecule has 0 N–H and O–H groups in total. The van der Waals surface area contributed by atoms with Crippen molar-refractivity contribution in [1.29, 1.82) is 0 Å². The second-order valence-electron chi connectivity index (χ2n) is 5.11. The van der Waals surface area contributed by atoms with Crippen molar-refractivity contribution in [3.05, 3.63) is 35.6 Å². The molecule has 4 heteroatoms. The van der Waals surface area contributed by atoms with Gasteiger partial charge in [0.2, 0.25) is 0 Å². The number of furan rings is 1. The van der Waals surface area contributed by atoms with Crippen LogP contribution in [0.2, 0.25) is 0 Å². The molecule has 1 aromatic carbocycles. The number of carboxylic acids is 1. The third-order valence-electron chi connectivity index (χ3n) is 3.64. The number of aromatic carboxylic acids is 1. The van der Waals surface area contributed by atoms with Crippen LogP contribution < -0.4 is 5.11 Å². The Morgan fingerprint density at radius 3 is 2.74 bits per heavy atom. The molecule has 0 aliphatic carbocycles. The summed E-state index contributed by atoms with van der Waals surface area (Å²) in [5, 5.41) is 11.6. The Bertz CT molecular complexity index is 596. The zero-order valence-electron chi connectivity index (χ0n) is 10.7. The Morgan fingerprint density at radius 2 is 2.00 bits per heavy atom. The number of carbonyl (C=O) groups excluding carboxylic acids is 1. The summed E-state index contributed by atoms with van der Waals surface area (Å²) < 4.78 is 5.28. The van der Waals surface area contributed by atoms with Gasteiger partial charge >= 0.3 is 0 Å². The molecular weight excluding hydrogens is 242 g/mol. The van der Waals surface area contributed by atoms with E-state index in [1.165, 1.54) is 25.3 Å². The summed E-state index contributed by atoms with van der Waals surface area (Å²) >= 11 is 0. The Labute approximate surface area is 111 Å². The van der Waals surface area contributed by atoms with Crippen LogP contribution >= 0.6 is 0 Å². The molecule has 0 saturated carbocycles. The molecule has 0 unspecified atom stereocenters. The van der Waals surface area contributed by atoms with Crippen molar-refractivity contribution in [2.24, 2.45) is 0 Å². The van der Waals surface area contributed by atoms with Crippen LogP contribution in [0, 0.1) is 0 Å². The summed E-state index contributed by atoms with van der Waals surface area (Å²) in [5.41, 5.74) is 1.78. The van der Waals surface area contributed by atoms with Gasteiger partial charge in [-0.05, 0) is 43.6 Å². The van der Waals surface area contributed by atoms with E-state index in [0.717, 1.165) is 30.6 Å². The summed E-state index contributed by atoms with van der Waals surface area (Å²) in [6, 6.07) is 7.38. The van der Waals surface area contributed by atoms with E-state index in [0.29, 0.717) is 5.58 Å². The summed E-state index contributed by atoms with van der Waals surface area (Å²) in [4.78, 5) is 13.2. The van der Waals surface area contributed by atoms with Crippen LogP contribution in [0.1, 0.15) is 35.4 Å². The van der Waals surface area contributed by atoms with Crippen molar-refractivity contribution in [1.82, 2.24) is 4.90 Å². The lowest BCUT2D eigenvalue weighted by Crippen LogP contribution is -2.28. The van der Waals surface area contributed by atoms with E-state index in [1.54, 1.807) is 0 Å². The number of fused-ring (bicyclic) bond motifs is 1. The molecule has 0 amide bonds. The molecule has 0 bridgehead atoms. The summed E-state index contributed by atoms with van der Waals surface area (Å²) in [6.45, 7) is 3.18. The van der Waals surface area contributed by atoms with E-state index < -0.39 is 5.97 Å². The highest BCUT2D eigenvalue weighted by molar-refractivity contribution is 5.90. The summed E-state index contributed by atoms with van der Waals surface area (Å²) in [5.74, 6) is -1.38. The first-order valence-electron chi connectivity index (χ1n) is 6.68. The number of nitrogens with zero attached hydrogens (tertiary/aromatic N) is 1. The first kappa shape index (κ1) is 12.2. The van der Waals surface area contributed by atoms with Crippen LogP contribution in [0.4, 0.5) is 0 Å². The Morgan fingerprint density at radius 1 is 1.21 bits per heavy atom. The Hall–Kier alpha value is -1.81. The predicted molar refractivity (Wildman–Crippen MR) is 69.7 cm³/mol. The zero-order valence-corrected chi connectivity index (χ0v) is 10.7. The van der Waals surface area contributed by atoms with E-state index in [2.05, 4.69) is 4.90 Å². The van der Waals surface area contributed by atoms with Gasteiger partial charge in [-0.2, -0.15) is 0 Å². The monoisotopic (exact) mass is 258 g/mol. The van der Waals surface area contributed by atoms with Crippen molar-refractivity contribution in [3.8, 4) is 0 Å². The molecule has 0 spiro atoms. The molecule has 3 rings (SSSR count). The SMILES string of the molecule is O=C([O-])c1cc2ccc(CN3CCCCC3)cc2o1. The van der Waals surface area contributed by atoms with Crippen LogP contribution in [0.25, 0.3) is 11.0 Å². The fourth-order valence-corrected chi connectivity index (χ4v) is 2.65. The van der Waals surface area contributed by atoms with Crippen molar-refractivity contribution >= 4 is 16.9 Å². The van der Waals surface area contributed by atoms with Crippen LogP contribution in [0.3, 0.4) is 0 Å². The Kier molecular flexibility index (Phi) is 3.25. The minimum atomic E-state index is -1.27. The number of piperidine rings is 1. The fourth-order valence-electron chi connectivity index (χ4n) is 2.65. The molecule has 0 atom stereocenters. The molecule has 19 heavy (non-hydrogen) atoms. The molecule has 0 radical (unpaired) electrons. The van der Waals surface area contributed by atoms with Gasteiger partial charge < -0.3 is 14.3 Å². The highest BCUT2D eigenvalue weighted by Crippen LogP contribution is 2.22. The van der Waals surface area contributed by atoms with Crippen molar-refractivity contribution in [2.75, 3.05) is 13.1 Å². The van der Waals surface area contributed by atoms with Crippen LogP contribution in [-0.4, -0.2) is 24.0 Å². The van der Waals surface area contributed by atoms with Gasteiger partial charge in [0.05, 0.1) is 0 Å². The molecule has 2 heterocycles. The quantitative estimate of drug-likeness (QED) is 0.842. The summed E-state index contributed by atoms with van der Waals surface area (Å²) in [6.07, 6.45) is 3.85. The lowest BCUT2D eigenvalue weighted by Gasteiger charge is -2.26. The number of hydrogen-bond donors (Lipinski definition) is 0. The highest BCUT2D eigenvalue weighted by atomic mass is 16.4. The van der Waals surface area contributed by atoms with Gasteiger partial charge in [-0.3, -0.25) is 4.90 Å². The van der Waals surface area contributed by atoms with E-state index in [1.807, 2.05) is 18.2 Å². The van der Waals surface area contributed by atoms with Gasteiger partial charge in [0.15, 0.2) is 5.76 Å². The number of benzene rings is 1. The molecule has 4 nitrogen and oxygen atoms in total. The smallest absolute Gasteiger partial charge is 0.150 e. The van der Waals surface area contributed by atoms with E-state index >= 15 is 0 Å². The van der Waals surface area contributed by atoms with Crippen LogP contribution in [0.5, 0.6) is 0 Å². The lowest BCUT2D eigenvalue weighted by atomic mass is 10.1. The topological polar surface area (TPSA) is 56.5 Å². The number of rotatable bonds is 3. The second kappa shape index (κ2) is 5.05. The third kappa shape index (κ3) is 2.63. The molecule has 1 saturated heterocycles. The van der Waals surface area contributed by atoms with Gasteiger partial charge in [-0.25, -0.2) is 0 Å². The maximum absolute atomic E-state index is 10.8. The van der Waals surface area contributed by atoms with E-state index in [-0.39, 0.29) is 5.76 Å². The minimum absolute atomic E-state index is 0.106. The van der Waals surface area contributed by atoms with Gasteiger partial charge in [0, 0.05) is 11.9 Å². The van der Waals surface area contributed by atoms with Crippen molar-refractivity contribution < 1.29 is 14.3 Å². The average molecular weight is 258 g/mol. The maximum Gasteiger partial charge on any atom is 0.150 e. The third-order valence-corrected chi connectivity index (χ3v) is 3.64. The summed E-state index contributed by atoms with van der Waals surface area (Å²) in [7, 11) is 0. The largest absolute Gasteiger partial charge is 0.542 e. The predicted octanol–water partition coefficient (Wildman–Crippen LogP) is 1.78. The van der Waals surface area contributed by atoms with Crippen molar-refractivity contribution in [3.63, 3.8) is 0 Å². The molecule has 1 aliphatic rings. The average Bonchev–Trinajstić information content (AvgIpc) is 2.83. The lowest BCUT2D eigenvalue weighted by molar-refractivity contribution is -0.256. The Balaban J connectivity index is 1.82. The molecule has 1 aromatic heterocycles. The van der Waals surface area contributed by atoms with E-state index in [4.69, 9.17) is 4.42 Å². The fraction of sp³-hybridized carbons (Fsp3) is 0.400. The van der Waals surface area contributed by atoms with Gasteiger partial charge in [-0.15, -0.1) is 0 Å². The van der Waals surface area contributed by atoms with Crippen molar-refractivity contribution in [2.45, 2.75) is 25.8 Å². The number of carboxylic acid groups (broad SMARTS) is 1. The number of likely N-dealkylation sites (tertiary alicyclic amines) is 1. The maximum atomic E-state index is 10.8. The first-order valence-corrected chi connectivity index (χ1v) is 6.68. The standard InChI is InChI=1S/C15H17NO3/c17-15(18)14-9-12-5-4-11(8-13(12)19-14)10-16-6-2-1-3-7-16/h4-5,8-9H,1-3,6-7,10H2,(H,17,18)/p-1. The second-order valence-corrected chi connectivity index (χ2v) is 5.11. The molecule has 2 aromatic rings. The first-order chi connectivity index (χ1) is 9.22. The molecular formula is C15H16NO3-. The van der Waals surface area contributed by atoms with Gasteiger partial charge in [0.1, 0.15) is 11.6 Å². The van der Waals surface area contributed by atoms with E-state index in [9.17, 15) is 9.90 Å². The molecule has 100 valence electrons. The molecule has 1 aliphatic heterocycles. The van der Waals surface area contributed by atoms with Gasteiger partial charge in [0.25, 0.3) is 0 Å². The normalized spacial score (nSPS) is 16.8. The number of hydrogen-bond acceptors (Lipinski definition) is 4. The number of carbonyl (C=O) groups is 1. The molecule has 1 fully saturated rings. The minimum Gasteiger partial charge on any atom is -0.542 e. The van der Waals surface area contributed by atoms with Gasteiger partial charge in [-0.1, -0.05) is 18.6 Å². The zero-order chi connectivity index (χ0) is 13.2.